The molecule has 2 N–H and O–H groups in total. The van der Waals surface area contributed by atoms with E-state index in [9.17, 15) is 0 Å². The van der Waals surface area contributed by atoms with Gasteiger partial charge >= 0.3 is 0 Å². The second kappa shape index (κ2) is 13.6. The highest BCUT2D eigenvalue weighted by Crippen LogP contribution is 2.14. The summed E-state index contributed by atoms with van der Waals surface area (Å²) in [6.07, 6.45) is 5.98. The molecular formula is C18H32N4O2. The highest BCUT2D eigenvalue weighted by atomic mass is 16.5. The summed E-state index contributed by atoms with van der Waals surface area (Å²) in [6.45, 7) is 8.01. The Morgan fingerprint density at radius 1 is 1.12 bits per heavy atom. The molecular weight excluding hydrogens is 304 g/mol. The topological polar surface area (TPSA) is 67.8 Å². The fourth-order valence-corrected chi connectivity index (χ4v) is 2.02. The van der Waals surface area contributed by atoms with Crippen LogP contribution in [-0.4, -0.2) is 44.4 Å². The van der Waals surface area contributed by atoms with E-state index in [-0.39, 0.29) is 0 Å². The van der Waals surface area contributed by atoms with Gasteiger partial charge in [-0.05, 0) is 25.3 Å². The van der Waals surface area contributed by atoms with Crippen molar-refractivity contribution >= 4 is 5.96 Å². The van der Waals surface area contributed by atoms with Crippen molar-refractivity contribution in [3.8, 4) is 5.88 Å². The molecule has 0 aromatic carbocycles. The van der Waals surface area contributed by atoms with Gasteiger partial charge in [0.15, 0.2) is 5.96 Å². The van der Waals surface area contributed by atoms with Crippen molar-refractivity contribution in [3.05, 3.63) is 23.9 Å². The molecule has 0 unspecified atom stereocenters. The zero-order chi connectivity index (χ0) is 17.5. The number of guanidine groups is 1. The Morgan fingerprint density at radius 3 is 2.71 bits per heavy atom. The molecule has 1 aromatic rings. The second-order valence-corrected chi connectivity index (χ2v) is 5.49. The predicted molar refractivity (Wildman–Crippen MR) is 98.6 cm³/mol. The van der Waals surface area contributed by atoms with Crippen LogP contribution in [0.5, 0.6) is 5.88 Å². The van der Waals surface area contributed by atoms with Crippen molar-refractivity contribution in [2.75, 3.05) is 33.4 Å². The molecule has 1 aromatic heterocycles. The minimum absolute atomic E-state index is 0.625. The molecule has 0 aliphatic carbocycles. The Bertz CT molecular complexity index is 466. The molecule has 0 aliphatic heterocycles. The first-order valence-corrected chi connectivity index (χ1v) is 8.90. The van der Waals surface area contributed by atoms with Gasteiger partial charge in [-0.1, -0.05) is 26.3 Å². The molecule has 0 amide bonds. The standard InChI is InChI=1S/C18H32N4O2/c1-4-6-13-23-14-8-11-21-18(19-3)22-15-16-9-7-10-20-17(16)24-12-5-2/h7,9-10H,4-6,8,11-15H2,1-3H3,(H2,19,21,22). The van der Waals surface area contributed by atoms with Crippen molar-refractivity contribution in [2.24, 2.45) is 4.99 Å². The number of unbranched alkanes of at least 4 members (excludes halogenated alkanes) is 1. The lowest BCUT2D eigenvalue weighted by Crippen LogP contribution is -2.37. The quantitative estimate of drug-likeness (QED) is 0.349. The number of nitrogens with one attached hydrogen (secondary N) is 2. The number of hydrogen-bond donors (Lipinski definition) is 2. The first-order chi connectivity index (χ1) is 11.8. The van der Waals surface area contributed by atoms with Gasteiger partial charge in [0.2, 0.25) is 5.88 Å². The normalized spacial score (nSPS) is 11.4. The minimum Gasteiger partial charge on any atom is -0.477 e. The van der Waals surface area contributed by atoms with E-state index in [0.717, 1.165) is 50.5 Å². The molecule has 0 bridgehead atoms. The lowest BCUT2D eigenvalue weighted by atomic mass is 10.2. The Balaban J connectivity index is 2.29. The highest BCUT2D eigenvalue weighted by Gasteiger charge is 2.05. The van der Waals surface area contributed by atoms with E-state index < -0.39 is 0 Å². The first-order valence-electron chi connectivity index (χ1n) is 8.90. The van der Waals surface area contributed by atoms with Crippen molar-refractivity contribution in [1.82, 2.24) is 15.6 Å². The Kier molecular flexibility index (Phi) is 11.5. The van der Waals surface area contributed by atoms with Crippen molar-refractivity contribution in [2.45, 2.75) is 46.1 Å². The lowest BCUT2D eigenvalue weighted by molar-refractivity contribution is 0.129. The fourth-order valence-electron chi connectivity index (χ4n) is 2.02. The Hall–Kier alpha value is -1.82. The summed E-state index contributed by atoms with van der Waals surface area (Å²) in [5.74, 6) is 1.46. The maximum atomic E-state index is 5.67. The summed E-state index contributed by atoms with van der Waals surface area (Å²) in [5.41, 5.74) is 1.02. The van der Waals surface area contributed by atoms with Crippen LogP contribution in [0.1, 0.15) is 45.1 Å². The Morgan fingerprint density at radius 2 is 1.96 bits per heavy atom. The predicted octanol–water partition coefficient (Wildman–Crippen LogP) is 2.74. The maximum Gasteiger partial charge on any atom is 0.218 e. The van der Waals surface area contributed by atoms with E-state index in [4.69, 9.17) is 9.47 Å². The number of rotatable bonds is 12. The van der Waals surface area contributed by atoms with E-state index >= 15 is 0 Å². The molecule has 0 fully saturated rings. The minimum atomic E-state index is 0.625. The van der Waals surface area contributed by atoms with Crippen LogP contribution in [0.4, 0.5) is 0 Å². The summed E-state index contributed by atoms with van der Waals surface area (Å²) in [5, 5.41) is 6.58. The Labute approximate surface area is 146 Å². The van der Waals surface area contributed by atoms with Crippen LogP contribution in [0.15, 0.2) is 23.3 Å². The van der Waals surface area contributed by atoms with Crippen LogP contribution in [-0.2, 0) is 11.3 Å². The fraction of sp³-hybridized carbons (Fsp3) is 0.667. The lowest BCUT2D eigenvalue weighted by Gasteiger charge is -2.14. The van der Waals surface area contributed by atoms with Crippen molar-refractivity contribution in [1.29, 1.82) is 0 Å². The van der Waals surface area contributed by atoms with Gasteiger partial charge in [-0.2, -0.15) is 0 Å². The van der Waals surface area contributed by atoms with Gasteiger partial charge in [0.25, 0.3) is 0 Å². The van der Waals surface area contributed by atoms with Gasteiger partial charge in [0.05, 0.1) is 6.61 Å². The largest absolute Gasteiger partial charge is 0.477 e. The number of pyridine rings is 1. The van der Waals surface area contributed by atoms with Crippen LogP contribution in [0.25, 0.3) is 0 Å². The van der Waals surface area contributed by atoms with Gasteiger partial charge in [-0.3, -0.25) is 4.99 Å². The first kappa shape index (κ1) is 20.2. The molecule has 0 aliphatic rings. The SMILES string of the molecule is CCCCOCCCNC(=NC)NCc1cccnc1OCCC. The number of ether oxygens (including phenoxy) is 2. The molecule has 0 radical (unpaired) electrons. The van der Waals surface area contributed by atoms with Crippen LogP contribution in [0.2, 0.25) is 0 Å². The molecule has 0 atom stereocenters. The number of aliphatic imine (C=N–C) groups is 1. The average Bonchev–Trinajstić information content (AvgIpc) is 2.62. The molecule has 24 heavy (non-hydrogen) atoms. The van der Waals surface area contributed by atoms with Crippen LogP contribution in [0, 0.1) is 0 Å². The second-order valence-electron chi connectivity index (χ2n) is 5.49. The van der Waals surface area contributed by atoms with E-state index in [1.165, 1.54) is 6.42 Å². The molecule has 0 saturated carbocycles. The smallest absolute Gasteiger partial charge is 0.218 e. The monoisotopic (exact) mass is 336 g/mol. The van der Waals surface area contributed by atoms with Crippen molar-refractivity contribution in [3.63, 3.8) is 0 Å². The molecule has 1 rings (SSSR count). The van der Waals surface area contributed by atoms with Gasteiger partial charge in [0, 0.05) is 45.1 Å². The summed E-state index contributed by atoms with van der Waals surface area (Å²) in [4.78, 5) is 8.53. The molecule has 0 saturated heterocycles. The number of aromatic nitrogens is 1. The molecule has 6 nitrogen and oxygen atoms in total. The van der Waals surface area contributed by atoms with Gasteiger partial charge in [0.1, 0.15) is 0 Å². The van der Waals surface area contributed by atoms with E-state index in [1.807, 2.05) is 12.1 Å². The van der Waals surface area contributed by atoms with E-state index in [0.29, 0.717) is 19.0 Å². The van der Waals surface area contributed by atoms with E-state index in [2.05, 4.69) is 34.5 Å². The van der Waals surface area contributed by atoms with Crippen molar-refractivity contribution < 1.29 is 9.47 Å². The molecule has 0 spiro atoms. The van der Waals surface area contributed by atoms with Crippen LogP contribution in [0.3, 0.4) is 0 Å². The zero-order valence-electron chi connectivity index (χ0n) is 15.3. The zero-order valence-corrected chi connectivity index (χ0v) is 15.3. The number of hydrogen-bond acceptors (Lipinski definition) is 4. The highest BCUT2D eigenvalue weighted by molar-refractivity contribution is 5.79. The van der Waals surface area contributed by atoms with Gasteiger partial charge < -0.3 is 20.1 Å². The molecule has 136 valence electrons. The molecule has 1 heterocycles. The third-order valence-corrected chi connectivity index (χ3v) is 3.36. The molecule has 6 heteroatoms. The summed E-state index contributed by atoms with van der Waals surface area (Å²) in [6, 6.07) is 3.93. The summed E-state index contributed by atoms with van der Waals surface area (Å²) < 4.78 is 11.2. The van der Waals surface area contributed by atoms with Crippen LogP contribution < -0.4 is 15.4 Å². The third-order valence-electron chi connectivity index (χ3n) is 3.36. The maximum absolute atomic E-state index is 5.67. The summed E-state index contributed by atoms with van der Waals surface area (Å²) >= 11 is 0. The summed E-state index contributed by atoms with van der Waals surface area (Å²) in [7, 11) is 1.77. The average molecular weight is 336 g/mol. The van der Waals surface area contributed by atoms with Gasteiger partial charge in [-0.25, -0.2) is 4.98 Å². The van der Waals surface area contributed by atoms with Gasteiger partial charge in [-0.15, -0.1) is 0 Å². The van der Waals surface area contributed by atoms with Crippen LogP contribution >= 0.6 is 0 Å². The van der Waals surface area contributed by atoms with E-state index in [1.54, 1.807) is 13.2 Å². The third kappa shape index (κ3) is 8.72. The number of nitrogens with zero attached hydrogens (tertiary/aromatic N) is 2.